The maximum atomic E-state index is 5.70. The van der Waals surface area contributed by atoms with Crippen LogP contribution in [0.3, 0.4) is 0 Å². The Morgan fingerprint density at radius 2 is 1.70 bits per heavy atom. The van der Waals surface area contributed by atoms with Crippen molar-refractivity contribution in [1.29, 1.82) is 0 Å². The van der Waals surface area contributed by atoms with Crippen LogP contribution < -0.4 is 10.2 Å². The zero-order valence-electron chi connectivity index (χ0n) is 20.0. The molecule has 1 heterocycles. The summed E-state index contributed by atoms with van der Waals surface area (Å²) >= 11 is 0. The van der Waals surface area contributed by atoms with E-state index in [1.165, 1.54) is 30.4 Å². The zero-order chi connectivity index (χ0) is 23.1. The second kappa shape index (κ2) is 10.7. The van der Waals surface area contributed by atoms with Gasteiger partial charge >= 0.3 is 0 Å². The second-order valence-corrected chi connectivity index (χ2v) is 9.22. The zero-order valence-corrected chi connectivity index (χ0v) is 20.0. The van der Waals surface area contributed by atoms with Crippen molar-refractivity contribution < 1.29 is 4.74 Å². The predicted octanol–water partition coefficient (Wildman–Crippen LogP) is 6.26. The number of ether oxygens (including phenoxy) is 1. The van der Waals surface area contributed by atoms with Gasteiger partial charge in [0.25, 0.3) is 0 Å². The van der Waals surface area contributed by atoms with Crippen molar-refractivity contribution in [3.05, 3.63) is 101 Å². The molecule has 3 aromatic carbocycles. The Morgan fingerprint density at radius 3 is 2.42 bits per heavy atom. The number of hydrazine groups is 1. The molecule has 1 fully saturated rings. The van der Waals surface area contributed by atoms with Crippen LogP contribution in [0, 0.1) is 11.8 Å². The van der Waals surface area contributed by atoms with Crippen LogP contribution in [0.25, 0.3) is 0 Å². The molecule has 1 aliphatic heterocycles. The van der Waals surface area contributed by atoms with Crippen molar-refractivity contribution in [2.75, 3.05) is 13.7 Å². The number of methoxy groups -OCH3 is 1. The number of nitrogens with zero attached hydrogens (tertiary/aromatic N) is 1. The summed E-state index contributed by atoms with van der Waals surface area (Å²) in [7, 11) is 1.74. The minimum absolute atomic E-state index is 0.269. The van der Waals surface area contributed by atoms with Crippen LogP contribution >= 0.6 is 0 Å². The van der Waals surface area contributed by atoms with Gasteiger partial charge in [0.1, 0.15) is 5.75 Å². The van der Waals surface area contributed by atoms with Gasteiger partial charge in [-0.25, -0.2) is 5.01 Å². The van der Waals surface area contributed by atoms with Gasteiger partial charge < -0.3 is 4.74 Å². The van der Waals surface area contributed by atoms with E-state index in [2.05, 4.69) is 84.7 Å². The number of rotatable bonds is 6. The highest BCUT2D eigenvalue weighted by Crippen LogP contribution is 2.31. The van der Waals surface area contributed by atoms with E-state index in [1.54, 1.807) is 7.11 Å². The second-order valence-electron chi connectivity index (χ2n) is 9.22. The fraction of sp³-hybridized carbons (Fsp3) is 0.333. The Kier molecular flexibility index (Phi) is 7.50. The van der Waals surface area contributed by atoms with E-state index < -0.39 is 0 Å². The first-order valence-corrected chi connectivity index (χ1v) is 11.9. The maximum absolute atomic E-state index is 5.70. The molecule has 3 aromatic rings. The van der Waals surface area contributed by atoms with Gasteiger partial charge in [0.05, 0.1) is 12.5 Å². The minimum Gasteiger partial charge on any atom is -0.496 e. The fourth-order valence-corrected chi connectivity index (χ4v) is 4.46. The van der Waals surface area contributed by atoms with Crippen LogP contribution in [-0.4, -0.2) is 18.7 Å². The molecule has 1 N–H and O–H groups in total. The number of hydrogen-bond donors (Lipinski definition) is 1. The van der Waals surface area contributed by atoms with Gasteiger partial charge in [0.15, 0.2) is 0 Å². The molecular formula is C30H34N2O. The summed E-state index contributed by atoms with van der Waals surface area (Å²) in [5, 5.41) is 2.41. The molecule has 0 radical (unpaired) electrons. The minimum atomic E-state index is -0.269. The van der Waals surface area contributed by atoms with Gasteiger partial charge in [-0.1, -0.05) is 72.9 Å². The third-order valence-corrected chi connectivity index (χ3v) is 6.45. The topological polar surface area (TPSA) is 24.5 Å². The van der Waals surface area contributed by atoms with E-state index in [-0.39, 0.29) is 5.41 Å². The number of piperidine rings is 1. The average molecular weight is 439 g/mol. The maximum Gasteiger partial charge on any atom is 0.123 e. The fourth-order valence-electron chi connectivity index (χ4n) is 4.46. The summed E-state index contributed by atoms with van der Waals surface area (Å²) in [4.78, 5) is 0. The lowest BCUT2D eigenvalue weighted by Gasteiger charge is -2.36. The summed E-state index contributed by atoms with van der Waals surface area (Å²) < 4.78 is 5.70. The third kappa shape index (κ3) is 5.85. The lowest BCUT2D eigenvalue weighted by Crippen LogP contribution is -2.43. The first kappa shape index (κ1) is 23.1. The molecule has 1 unspecified atom stereocenters. The van der Waals surface area contributed by atoms with Crippen molar-refractivity contribution in [1.82, 2.24) is 10.4 Å². The highest BCUT2D eigenvalue weighted by molar-refractivity contribution is 5.45. The Bertz CT molecular complexity index is 1100. The van der Waals surface area contributed by atoms with E-state index in [9.17, 15) is 0 Å². The van der Waals surface area contributed by atoms with E-state index in [0.29, 0.717) is 6.04 Å². The molecule has 170 valence electrons. The van der Waals surface area contributed by atoms with Crippen LogP contribution in [0.15, 0.2) is 78.9 Å². The molecule has 0 aromatic heterocycles. The van der Waals surface area contributed by atoms with Crippen molar-refractivity contribution in [3.63, 3.8) is 0 Å². The first-order chi connectivity index (χ1) is 16.1. The summed E-state index contributed by atoms with van der Waals surface area (Å²) in [6, 6.07) is 27.8. The van der Waals surface area contributed by atoms with E-state index >= 15 is 0 Å². The van der Waals surface area contributed by atoms with Gasteiger partial charge in [-0.2, -0.15) is 0 Å². The van der Waals surface area contributed by atoms with Crippen LogP contribution in [0.4, 0.5) is 0 Å². The van der Waals surface area contributed by atoms with Gasteiger partial charge in [-0.05, 0) is 62.1 Å². The molecule has 0 aliphatic carbocycles. The van der Waals surface area contributed by atoms with Gasteiger partial charge in [-0.15, -0.1) is 0 Å². The molecule has 1 aliphatic rings. The molecule has 0 bridgehead atoms. The van der Waals surface area contributed by atoms with E-state index in [0.717, 1.165) is 30.0 Å². The highest BCUT2D eigenvalue weighted by Gasteiger charge is 2.24. The van der Waals surface area contributed by atoms with Crippen molar-refractivity contribution in [2.24, 2.45) is 0 Å². The van der Waals surface area contributed by atoms with Gasteiger partial charge in [-0.3, -0.25) is 5.43 Å². The molecule has 3 nitrogen and oxygen atoms in total. The number of nitrogens with one attached hydrogen (secondary N) is 1. The molecule has 0 amide bonds. The number of hydrogen-bond acceptors (Lipinski definition) is 3. The Morgan fingerprint density at radius 1 is 0.970 bits per heavy atom. The lowest BCUT2D eigenvalue weighted by molar-refractivity contribution is 0.0821. The molecule has 0 saturated carbocycles. The average Bonchev–Trinajstić information content (AvgIpc) is 2.87. The molecule has 0 spiro atoms. The lowest BCUT2D eigenvalue weighted by atomic mass is 9.84. The quantitative estimate of drug-likeness (QED) is 0.460. The normalized spacial score (nSPS) is 16.6. The first-order valence-electron chi connectivity index (χ1n) is 11.9. The van der Waals surface area contributed by atoms with E-state index in [4.69, 9.17) is 4.74 Å². The van der Waals surface area contributed by atoms with Gasteiger partial charge in [0.2, 0.25) is 0 Å². The summed E-state index contributed by atoms with van der Waals surface area (Å²) in [6.45, 7) is 6.13. The predicted molar refractivity (Wildman–Crippen MR) is 136 cm³/mol. The van der Waals surface area contributed by atoms with Crippen LogP contribution in [0.1, 0.15) is 61.4 Å². The third-order valence-electron chi connectivity index (χ3n) is 6.45. The van der Waals surface area contributed by atoms with Crippen LogP contribution in [-0.2, 0) is 12.0 Å². The molecule has 1 atom stereocenters. The van der Waals surface area contributed by atoms with Gasteiger partial charge in [0, 0.05) is 30.3 Å². The van der Waals surface area contributed by atoms with E-state index in [1.807, 2.05) is 30.3 Å². The summed E-state index contributed by atoms with van der Waals surface area (Å²) in [5.41, 5.74) is 8.21. The summed E-state index contributed by atoms with van der Waals surface area (Å²) in [6.07, 6.45) is 3.66. The Hall–Kier alpha value is -3.06. The highest BCUT2D eigenvalue weighted by atomic mass is 16.5. The molecule has 4 rings (SSSR count). The van der Waals surface area contributed by atoms with Crippen molar-refractivity contribution >= 4 is 0 Å². The molecule has 3 heteroatoms. The number of benzene rings is 3. The smallest absolute Gasteiger partial charge is 0.123 e. The standard InChI is InChI=1S/C30H34N2O/c1-30(2,20-19-24-12-6-4-7-13-24)27-17-18-29(33-3)26(22-27)23-31-32-21-11-10-16-28(32)25-14-8-5-9-15-25/h4-9,12-15,17-18,22,28,31H,10-11,16,21,23H2,1-3H3. The molecule has 1 saturated heterocycles. The largest absolute Gasteiger partial charge is 0.496 e. The summed E-state index contributed by atoms with van der Waals surface area (Å²) in [5.74, 6) is 7.71. The SMILES string of the molecule is COc1ccc(C(C)(C)C#Cc2ccccc2)cc1CNN1CCCCC1c1ccccc1. The van der Waals surface area contributed by atoms with Crippen LogP contribution in [0.5, 0.6) is 5.75 Å². The van der Waals surface area contributed by atoms with Crippen molar-refractivity contribution in [2.45, 2.75) is 51.1 Å². The monoisotopic (exact) mass is 438 g/mol. The Labute approximate surface area is 198 Å². The molecular weight excluding hydrogens is 404 g/mol. The van der Waals surface area contributed by atoms with Crippen LogP contribution in [0.2, 0.25) is 0 Å². The molecule has 33 heavy (non-hydrogen) atoms. The Balaban J connectivity index is 1.53. The van der Waals surface area contributed by atoms with Crippen molar-refractivity contribution in [3.8, 4) is 17.6 Å².